The van der Waals surface area contributed by atoms with Gasteiger partial charge in [0.25, 0.3) is 0 Å². The van der Waals surface area contributed by atoms with Crippen LogP contribution in [-0.4, -0.2) is 9.13 Å². The van der Waals surface area contributed by atoms with Crippen LogP contribution in [0.5, 0.6) is 0 Å². The first-order chi connectivity index (χ1) is 67.5. The SMILES string of the molecule is [2H]c1c([2H])c([2H])c(-c2c([2H])c([2H])c3c(c2[2H])-c2c(n(-c4c([2H])c([2H])c5c(c4[2H])N(c4c(-c6ccccc6)cc(C(C)(C)C)cc4-c4ccccc4)c4cc(C(C)(C)C)cc6c4C5c4c([2H])c([2H])c(-n5c7c(c8c([2H])c([2H])c([2H])c([2H])c85)-c5c([2H])c([2H])c([2H])c([2H])c5C7)c([2H])c4N6c4c(-c5ccccc5)cc(C(C)(C)C)cc4-c4ccccc4)c4c([2H])c([2H])c(-c5c([2H])c([2H])c([2H])c([2H])c5[2H])c([2H])c24)C3)c([2H])c1[2H]. The van der Waals surface area contributed by atoms with Crippen LogP contribution in [0.4, 0.5) is 34.1 Å². The molecule has 2 aliphatic carbocycles. The van der Waals surface area contributed by atoms with Gasteiger partial charge in [-0.15, -0.1) is 0 Å². The van der Waals surface area contributed by atoms with Gasteiger partial charge in [0.05, 0.1) is 86.3 Å². The Hall–Kier alpha value is -13.0. The Labute approximate surface area is 706 Å². The van der Waals surface area contributed by atoms with Gasteiger partial charge in [-0.05, 0) is 196 Å². The molecule has 1 unspecified atom stereocenters. The van der Waals surface area contributed by atoms with Crippen molar-refractivity contribution in [3.05, 3.63) is 395 Å². The normalized spacial score (nSPS) is 17.6. The number of rotatable bonds is 10. The van der Waals surface area contributed by atoms with E-state index in [0.29, 0.717) is 61.4 Å². The highest BCUT2D eigenvalue weighted by molar-refractivity contribution is 6.10. The number of aromatic nitrogens is 2. The van der Waals surface area contributed by atoms with Crippen LogP contribution in [0.2, 0.25) is 0 Å². The lowest BCUT2D eigenvalue weighted by Gasteiger charge is -2.47. The Kier molecular flexibility index (Phi) is 9.94. The molecule has 2 aromatic heterocycles. The van der Waals surface area contributed by atoms with Crippen LogP contribution in [0.25, 0.3) is 122 Å². The highest BCUT2D eigenvalue weighted by Gasteiger charge is 2.46. The van der Waals surface area contributed by atoms with Gasteiger partial charge in [-0.3, -0.25) is 0 Å². The van der Waals surface area contributed by atoms with E-state index < -0.39 is 261 Å². The number of para-hydroxylation sites is 1. The van der Waals surface area contributed by atoms with Crippen LogP contribution in [0.1, 0.15) is 165 Å². The summed E-state index contributed by atoms with van der Waals surface area (Å²) < 4.78 is 302. The molecule has 0 spiro atoms. The zero-order valence-corrected chi connectivity index (χ0v) is 63.3. The number of benzene rings is 15. The van der Waals surface area contributed by atoms with Gasteiger partial charge in [0.15, 0.2) is 0 Å². The van der Waals surface area contributed by atoms with E-state index in [1.807, 2.05) is 164 Å². The van der Waals surface area contributed by atoms with E-state index in [1.54, 1.807) is 0 Å². The molecule has 4 nitrogen and oxygen atoms in total. The van der Waals surface area contributed by atoms with Crippen LogP contribution in [0.15, 0.2) is 339 Å². The van der Waals surface area contributed by atoms with Crippen molar-refractivity contribution < 1.29 is 41.1 Å². The van der Waals surface area contributed by atoms with E-state index in [0.717, 1.165) is 11.1 Å². The minimum Gasteiger partial charge on any atom is -0.313 e. The van der Waals surface area contributed by atoms with Gasteiger partial charge < -0.3 is 18.9 Å². The van der Waals surface area contributed by atoms with Crippen LogP contribution >= 0.6 is 0 Å². The molecule has 544 valence electrons. The smallest absolute Gasteiger partial charge is 0.0667 e. The fourth-order valence-corrected chi connectivity index (χ4v) is 17.0. The average molecular weight is 1480 g/mol. The minimum atomic E-state index is -1.72. The van der Waals surface area contributed by atoms with Crippen molar-refractivity contribution in [3.8, 4) is 100 Å². The third-order valence-electron chi connectivity index (χ3n) is 22.5. The molecule has 17 aromatic rings. The highest BCUT2D eigenvalue weighted by Crippen LogP contribution is 2.66. The summed E-state index contributed by atoms with van der Waals surface area (Å²) in [5, 5.41) is -0.642. The van der Waals surface area contributed by atoms with Crippen LogP contribution < -0.4 is 9.80 Å². The summed E-state index contributed by atoms with van der Waals surface area (Å²) in [5.74, 6) is -1.72. The number of fused-ring (bicyclic) bond motifs is 14. The first-order valence-electron chi connectivity index (χ1n) is 52.8. The molecule has 21 rings (SSSR count). The number of hydrogen-bond acceptors (Lipinski definition) is 2. The summed E-state index contributed by atoms with van der Waals surface area (Å²) in [5.41, 5.74) is 0.283. The number of hydrogen-bond donors (Lipinski definition) is 0. The second-order valence-corrected chi connectivity index (χ2v) is 32.4. The first kappa shape index (κ1) is 43.5. The fraction of sp³-hybridized carbons (Fsp3) is 0.138. The molecule has 0 fully saturated rings. The third-order valence-corrected chi connectivity index (χ3v) is 22.5. The van der Waals surface area contributed by atoms with E-state index in [1.165, 1.54) is 9.13 Å². The molecular weight excluding hydrogens is 1370 g/mol. The molecule has 2 aliphatic heterocycles. The molecule has 4 heterocycles. The van der Waals surface area contributed by atoms with E-state index >= 15 is 0 Å². The molecule has 0 saturated carbocycles. The molecular formula is C109H88N4. The van der Waals surface area contributed by atoms with E-state index in [4.69, 9.17) is 11.0 Å². The predicted octanol–water partition coefficient (Wildman–Crippen LogP) is 29.4. The molecule has 0 amide bonds. The standard InChI is InChI=1S/C109H88N4/c1-107(2,3)78-60-88(70-36-20-12-21-37-70)105(89(61-78)71-38-22-13-23-39-71)112-95-66-81(110-93-47-31-30-46-84(93)101-83-45-29-28-44-76(83)58-97(101)110)51-53-85(95)103-86-54-52-82(111-94-55-50-75(69-34-18-11-19-35-69)57-92(94)102-87-56-74(68-32-16-10-17-33-68)48-49-77(87)59-98(102)111)67-96(86)113(100-65-80(109(7,8)9)64-99(112)104(100)103)106-90(72-40-24-14-25-41-72)62-79(108(4,5)6)63-91(106)73-42-26-15-27-43-73/h10-57,60-67,103H,58-59H2,1-9H3/i10D,11D,16D,17D,18D,19D,28D,29D,30D,31D,32D,33D,34D,35D,44D,45D,46D,47D,48D,49D,50D,51D,52D,53D,54D,55D,56D,57D,66D,67D. The Bertz CT molecular complexity index is 8430. The Morgan fingerprint density at radius 2 is 0.690 bits per heavy atom. The van der Waals surface area contributed by atoms with Crippen molar-refractivity contribution in [1.82, 2.24) is 9.13 Å². The van der Waals surface area contributed by atoms with Gasteiger partial charge in [-0.1, -0.05) is 317 Å². The molecule has 0 N–H and O–H groups in total. The molecule has 0 radical (unpaired) electrons. The monoisotopic (exact) mass is 1480 g/mol. The van der Waals surface area contributed by atoms with Crippen molar-refractivity contribution in [3.63, 3.8) is 0 Å². The number of nitrogens with zero attached hydrogens (tertiary/aromatic N) is 4. The van der Waals surface area contributed by atoms with Gasteiger partial charge in [-0.2, -0.15) is 0 Å². The summed E-state index contributed by atoms with van der Waals surface area (Å²) in [6, 6.07) is 27.9. The van der Waals surface area contributed by atoms with E-state index in [9.17, 15) is 30.2 Å². The van der Waals surface area contributed by atoms with Gasteiger partial charge in [0.2, 0.25) is 0 Å². The summed E-state index contributed by atoms with van der Waals surface area (Å²) in [4.78, 5) is 3.79. The molecule has 4 heteroatoms. The van der Waals surface area contributed by atoms with E-state index in [2.05, 4.69) is 65.8 Å². The summed E-state index contributed by atoms with van der Waals surface area (Å²) >= 11 is 0. The summed E-state index contributed by atoms with van der Waals surface area (Å²) in [7, 11) is 0. The quantitative estimate of drug-likeness (QED) is 0.136. The van der Waals surface area contributed by atoms with Crippen molar-refractivity contribution in [1.29, 1.82) is 0 Å². The zero-order valence-electron chi connectivity index (χ0n) is 93.3. The molecule has 0 bridgehead atoms. The lowest BCUT2D eigenvalue weighted by atomic mass is 9.73. The van der Waals surface area contributed by atoms with Gasteiger partial charge in [-0.25, -0.2) is 0 Å². The number of anilines is 6. The molecule has 113 heavy (non-hydrogen) atoms. The maximum atomic E-state index is 12.2. The summed E-state index contributed by atoms with van der Waals surface area (Å²) in [6.45, 7) is 18.5. The Morgan fingerprint density at radius 1 is 0.301 bits per heavy atom. The maximum absolute atomic E-state index is 12.2. The van der Waals surface area contributed by atoms with Gasteiger partial charge in [0, 0.05) is 91.2 Å². The van der Waals surface area contributed by atoms with Crippen LogP contribution in [-0.2, 0) is 29.1 Å². The minimum absolute atomic E-state index is 0.0224. The lowest BCUT2D eigenvalue weighted by Crippen LogP contribution is -2.31. The van der Waals surface area contributed by atoms with Crippen molar-refractivity contribution in [2.45, 2.75) is 97.3 Å². The van der Waals surface area contributed by atoms with E-state index in [-0.39, 0.29) is 95.1 Å². The first-order valence-corrected chi connectivity index (χ1v) is 37.8. The van der Waals surface area contributed by atoms with Gasteiger partial charge >= 0.3 is 0 Å². The molecule has 15 aromatic carbocycles. The Balaban J connectivity index is 1.00. The average Bonchev–Trinajstić information content (AvgIpc) is 1.60. The summed E-state index contributed by atoms with van der Waals surface area (Å²) in [6.07, 6.45) is -0.999. The van der Waals surface area contributed by atoms with Crippen LogP contribution in [0.3, 0.4) is 0 Å². The third kappa shape index (κ3) is 11.0. The molecule has 0 saturated heterocycles. The highest BCUT2D eigenvalue weighted by atomic mass is 15.2. The predicted molar refractivity (Wildman–Crippen MR) is 476 cm³/mol. The van der Waals surface area contributed by atoms with Crippen molar-refractivity contribution >= 4 is 55.9 Å². The second-order valence-electron chi connectivity index (χ2n) is 32.4. The van der Waals surface area contributed by atoms with Crippen LogP contribution in [0, 0.1) is 0 Å². The fourth-order valence-electron chi connectivity index (χ4n) is 17.0. The van der Waals surface area contributed by atoms with Crippen molar-refractivity contribution in [2.75, 3.05) is 9.80 Å². The van der Waals surface area contributed by atoms with Crippen molar-refractivity contribution in [2.24, 2.45) is 0 Å². The lowest BCUT2D eigenvalue weighted by molar-refractivity contribution is 0.589. The van der Waals surface area contributed by atoms with Gasteiger partial charge in [0.1, 0.15) is 0 Å². The zero-order chi connectivity index (χ0) is 102. The second kappa shape index (κ2) is 25.8. The molecule has 4 aliphatic rings. The maximum Gasteiger partial charge on any atom is 0.0667 e. The topological polar surface area (TPSA) is 16.3 Å². The Morgan fingerprint density at radius 3 is 1.16 bits per heavy atom. The molecule has 1 atom stereocenters. The largest absolute Gasteiger partial charge is 0.313 e.